The Morgan fingerprint density at radius 3 is 2.57 bits per heavy atom. The van der Waals surface area contributed by atoms with Crippen LogP contribution in [0.5, 0.6) is 0 Å². The fraction of sp³-hybridized carbons (Fsp3) is 0.214. The number of hydrogen-bond donors (Lipinski definition) is 3. The largest absolute Gasteiger partial charge is 0.383 e. The van der Waals surface area contributed by atoms with Crippen LogP contribution in [0.4, 0.5) is 11.5 Å². The molecule has 0 radical (unpaired) electrons. The maximum absolute atomic E-state index is 11.9. The van der Waals surface area contributed by atoms with E-state index in [1.54, 1.807) is 0 Å². The van der Waals surface area contributed by atoms with Crippen molar-refractivity contribution in [2.75, 3.05) is 16.8 Å². The average molecular weight is 304 g/mol. The third kappa shape index (κ3) is 4.64. The van der Waals surface area contributed by atoms with Crippen LogP contribution in [0.3, 0.4) is 0 Å². The summed E-state index contributed by atoms with van der Waals surface area (Å²) in [6.45, 7) is 3.94. The number of aryl methyl sites for hydroxylation is 2. The van der Waals surface area contributed by atoms with Gasteiger partial charge < -0.3 is 16.0 Å². The summed E-state index contributed by atoms with van der Waals surface area (Å²) in [5.41, 5.74) is 8.07. The van der Waals surface area contributed by atoms with E-state index >= 15 is 0 Å². The van der Waals surface area contributed by atoms with Crippen LogP contribution in [0.2, 0.25) is 0 Å². The topological polar surface area (TPSA) is 101 Å². The van der Waals surface area contributed by atoms with Gasteiger partial charge in [0.2, 0.25) is 5.91 Å². The van der Waals surface area contributed by atoms with Gasteiger partial charge in [0.1, 0.15) is 5.82 Å². The van der Waals surface area contributed by atoms with Gasteiger partial charge >= 0.3 is 0 Å². The number of rotatable bonds is 4. The van der Waals surface area contributed by atoms with Crippen molar-refractivity contribution < 1.29 is 4.79 Å². The number of anilines is 2. The number of carbonyl (C=O) groups excluding carboxylic acids is 1. The summed E-state index contributed by atoms with van der Waals surface area (Å²) in [6, 6.07) is 7.03. The number of hydrogen-bond acceptors (Lipinski definition) is 5. The fourth-order valence-corrected chi connectivity index (χ4v) is 2.58. The first kappa shape index (κ1) is 15.1. The van der Waals surface area contributed by atoms with Gasteiger partial charge in [0.05, 0.1) is 5.75 Å². The predicted octanol–water partition coefficient (Wildman–Crippen LogP) is 1.70. The van der Waals surface area contributed by atoms with Crippen LogP contribution in [-0.4, -0.2) is 21.6 Å². The second kappa shape index (κ2) is 6.45. The minimum Gasteiger partial charge on any atom is -0.383 e. The van der Waals surface area contributed by atoms with Crippen LogP contribution in [0.15, 0.2) is 34.2 Å². The Kier molecular flexibility index (Phi) is 4.64. The van der Waals surface area contributed by atoms with Crippen molar-refractivity contribution >= 4 is 29.2 Å². The zero-order chi connectivity index (χ0) is 15.4. The summed E-state index contributed by atoms with van der Waals surface area (Å²) in [7, 11) is 0. The molecular formula is C14H16N4O2S. The second-order valence-electron chi connectivity index (χ2n) is 4.69. The van der Waals surface area contributed by atoms with Gasteiger partial charge in [-0.3, -0.25) is 9.59 Å². The molecular weight excluding hydrogens is 288 g/mol. The Hall–Kier alpha value is -2.28. The van der Waals surface area contributed by atoms with Crippen molar-refractivity contribution in [3.63, 3.8) is 0 Å². The summed E-state index contributed by atoms with van der Waals surface area (Å²) in [4.78, 5) is 29.6. The summed E-state index contributed by atoms with van der Waals surface area (Å²) in [5, 5.41) is 3.14. The maximum atomic E-state index is 11.9. The smallest absolute Gasteiger partial charge is 0.253 e. The predicted molar refractivity (Wildman–Crippen MR) is 84.5 cm³/mol. The first-order chi connectivity index (χ1) is 9.92. The molecule has 21 heavy (non-hydrogen) atoms. The fourth-order valence-electron chi connectivity index (χ4n) is 1.90. The van der Waals surface area contributed by atoms with E-state index in [1.807, 2.05) is 32.0 Å². The lowest BCUT2D eigenvalue weighted by Gasteiger charge is -2.07. The standard InChI is InChI=1S/C14H16N4O2S/c1-8-3-9(2)5-10(4-8)16-13(20)7-21-14-17-11(15)6-12(19)18-14/h3-6H,7H2,1-2H3,(H,16,20)(H3,15,17,18,19). The van der Waals surface area contributed by atoms with Gasteiger partial charge in [-0.25, -0.2) is 4.98 Å². The number of benzene rings is 1. The Balaban J connectivity index is 1.97. The van der Waals surface area contributed by atoms with Crippen molar-refractivity contribution in [3.05, 3.63) is 45.7 Å². The summed E-state index contributed by atoms with van der Waals surface area (Å²) in [5.74, 6) is 0.102. The van der Waals surface area contributed by atoms with E-state index in [9.17, 15) is 9.59 Å². The quantitative estimate of drug-likeness (QED) is 0.589. The molecule has 1 aromatic carbocycles. The van der Waals surface area contributed by atoms with Crippen molar-refractivity contribution in [2.24, 2.45) is 0 Å². The molecule has 1 amide bonds. The van der Waals surface area contributed by atoms with Gasteiger partial charge in [0, 0.05) is 11.8 Å². The third-order valence-corrected chi connectivity index (χ3v) is 3.46. The van der Waals surface area contributed by atoms with Crippen molar-refractivity contribution in [2.45, 2.75) is 19.0 Å². The highest BCUT2D eigenvalue weighted by atomic mass is 32.2. The van der Waals surface area contributed by atoms with E-state index in [1.165, 1.54) is 6.07 Å². The number of nitrogens with one attached hydrogen (secondary N) is 2. The van der Waals surface area contributed by atoms with E-state index in [0.29, 0.717) is 5.16 Å². The molecule has 0 saturated heterocycles. The lowest BCUT2D eigenvalue weighted by Crippen LogP contribution is -2.16. The Morgan fingerprint density at radius 2 is 1.95 bits per heavy atom. The Labute approximate surface area is 126 Å². The Bertz CT molecular complexity index is 707. The van der Waals surface area contributed by atoms with Crippen LogP contribution in [0.25, 0.3) is 0 Å². The molecule has 6 nitrogen and oxygen atoms in total. The number of aromatic nitrogens is 2. The van der Waals surface area contributed by atoms with Gasteiger partial charge in [0.15, 0.2) is 5.16 Å². The van der Waals surface area contributed by atoms with Gasteiger partial charge in [0.25, 0.3) is 5.56 Å². The molecule has 7 heteroatoms. The van der Waals surface area contributed by atoms with Crippen LogP contribution in [0, 0.1) is 13.8 Å². The van der Waals surface area contributed by atoms with E-state index in [-0.39, 0.29) is 23.0 Å². The molecule has 0 atom stereocenters. The number of thioether (sulfide) groups is 1. The number of H-pyrrole nitrogens is 1. The van der Waals surface area contributed by atoms with E-state index in [4.69, 9.17) is 5.73 Å². The van der Waals surface area contributed by atoms with E-state index in [2.05, 4.69) is 15.3 Å². The normalized spacial score (nSPS) is 10.4. The summed E-state index contributed by atoms with van der Waals surface area (Å²) in [6.07, 6.45) is 0. The molecule has 4 N–H and O–H groups in total. The lowest BCUT2D eigenvalue weighted by atomic mass is 10.1. The zero-order valence-electron chi connectivity index (χ0n) is 11.8. The number of carbonyl (C=O) groups is 1. The van der Waals surface area contributed by atoms with Gasteiger partial charge in [-0.05, 0) is 37.1 Å². The van der Waals surface area contributed by atoms with Crippen LogP contribution in [0.1, 0.15) is 11.1 Å². The van der Waals surface area contributed by atoms with Crippen LogP contribution < -0.4 is 16.6 Å². The van der Waals surface area contributed by atoms with E-state index in [0.717, 1.165) is 28.6 Å². The minimum absolute atomic E-state index is 0.135. The Morgan fingerprint density at radius 1 is 1.29 bits per heavy atom. The highest BCUT2D eigenvalue weighted by Crippen LogP contribution is 2.16. The SMILES string of the molecule is Cc1cc(C)cc(NC(=O)CSc2nc(N)cc(=O)[nH]2)c1. The molecule has 0 aliphatic heterocycles. The molecule has 110 valence electrons. The number of nitrogens with two attached hydrogens (primary N) is 1. The van der Waals surface area contributed by atoms with E-state index < -0.39 is 0 Å². The number of amides is 1. The number of aromatic amines is 1. The zero-order valence-corrected chi connectivity index (χ0v) is 12.6. The van der Waals surface area contributed by atoms with Gasteiger partial charge in [-0.1, -0.05) is 17.8 Å². The molecule has 0 spiro atoms. The van der Waals surface area contributed by atoms with Gasteiger partial charge in [-0.2, -0.15) is 0 Å². The molecule has 0 unspecified atom stereocenters. The second-order valence-corrected chi connectivity index (χ2v) is 5.65. The maximum Gasteiger partial charge on any atom is 0.253 e. The van der Waals surface area contributed by atoms with Gasteiger partial charge in [-0.15, -0.1) is 0 Å². The molecule has 0 aliphatic carbocycles. The van der Waals surface area contributed by atoms with Crippen molar-refractivity contribution in [1.29, 1.82) is 0 Å². The van der Waals surface area contributed by atoms with Crippen LogP contribution in [-0.2, 0) is 4.79 Å². The third-order valence-electron chi connectivity index (χ3n) is 2.59. The van der Waals surface area contributed by atoms with Crippen LogP contribution >= 0.6 is 11.8 Å². The molecule has 0 fully saturated rings. The number of nitrogen functional groups attached to an aromatic ring is 1. The molecule has 0 saturated carbocycles. The highest BCUT2D eigenvalue weighted by molar-refractivity contribution is 7.99. The summed E-state index contributed by atoms with van der Waals surface area (Å²) < 4.78 is 0. The van der Waals surface area contributed by atoms with Crippen molar-refractivity contribution in [1.82, 2.24) is 9.97 Å². The first-order valence-corrected chi connectivity index (χ1v) is 7.29. The molecule has 0 aliphatic rings. The monoisotopic (exact) mass is 304 g/mol. The summed E-state index contributed by atoms with van der Waals surface area (Å²) >= 11 is 1.13. The lowest BCUT2D eigenvalue weighted by molar-refractivity contribution is -0.113. The molecule has 2 aromatic rings. The van der Waals surface area contributed by atoms with Crippen molar-refractivity contribution in [3.8, 4) is 0 Å². The first-order valence-electron chi connectivity index (χ1n) is 6.30. The molecule has 1 heterocycles. The average Bonchev–Trinajstić information content (AvgIpc) is 2.34. The number of nitrogens with zero attached hydrogens (tertiary/aromatic N) is 1. The molecule has 1 aromatic heterocycles. The minimum atomic E-state index is -0.334. The molecule has 2 rings (SSSR count). The highest BCUT2D eigenvalue weighted by Gasteiger charge is 2.06. The molecule has 0 bridgehead atoms.